The van der Waals surface area contributed by atoms with E-state index in [-0.39, 0.29) is 49.7 Å². The molecule has 2 aliphatic carbocycles. The Morgan fingerprint density at radius 1 is 1.09 bits per heavy atom. The fraction of sp³-hybridized carbons (Fsp3) is 0.558. The summed E-state index contributed by atoms with van der Waals surface area (Å²) >= 11 is 0. The van der Waals surface area contributed by atoms with Crippen LogP contribution >= 0.6 is 0 Å². The monoisotopic (exact) mass is 801 g/mol. The van der Waals surface area contributed by atoms with E-state index in [1.807, 2.05) is 62.4 Å². The number of nitrogens with zero attached hydrogens (tertiary/aromatic N) is 3. The molecule has 3 aromatic rings. The summed E-state index contributed by atoms with van der Waals surface area (Å²) in [5, 5.41) is 4.48. The normalized spacial score (nSPS) is 28.0. The van der Waals surface area contributed by atoms with Crippen molar-refractivity contribution in [3.05, 3.63) is 54.7 Å². The number of methoxy groups -OCH3 is 1. The quantitative estimate of drug-likeness (QED) is 0.229. The first kappa shape index (κ1) is 40.5. The number of fused-ring (bicyclic) bond motifs is 3. The lowest BCUT2D eigenvalue weighted by Gasteiger charge is -2.28. The maximum Gasteiger partial charge on any atom is 0.259 e. The van der Waals surface area contributed by atoms with E-state index in [2.05, 4.69) is 28.9 Å². The molecule has 306 valence electrons. The molecule has 14 heteroatoms. The van der Waals surface area contributed by atoms with Crippen molar-refractivity contribution in [1.29, 1.82) is 0 Å². The first-order valence-electron chi connectivity index (χ1n) is 20.3. The van der Waals surface area contributed by atoms with Gasteiger partial charge in [0.2, 0.25) is 27.7 Å². The molecule has 4 heterocycles. The Morgan fingerprint density at radius 2 is 1.86 bits per heavy atom. The molecular formula is C43H55N5O8S. The average molecular weight is 802 g/mol. The van der Waals surface area contributed by atoms with Gasteiger partial charge in [-0.05, 0) is 113 Å². The molecule has 0 spiro atoms. The van der Waals surface area contributed by atoms with Crippen molar-refractivity contribution in [2.75, 3.05) is 13.7 Å². The Morgan fingerprint density at radius 3 is 2.54 bits per heavy atom. The number of allylic oxidation sites excluding steroid dienone is 1. The molecule has 4 aliphatic rings. The minimum Gasteiger partial charge on any atom is -0.497 e. The third kappa shape index (κ3) is 8.61. The van der Waals surface area contributed by atoms with Gasteiger partial charge in [-0.3, -0.25) is 24.1 Å². The summed E-state index contributed by atoms with van der Waals surface area (Å²) in [6, 6.07) is 10.2. The van der Waals surface area contributed by atoms with Gasteiger partial charge in [-0.15, -0.1) is 0 Å². The van der Waals surface area contributed by atoms with Gasteiger partial charge in [-0.2, -0.15) is 0 Å². The van der Waals surface area contributed by atoms with E-state index in [1.165, 1.54) is 0 Å². The zero-order valence-corrected chi connectivity index (χ0v) is 34.6. The highest BCUT2D eigenvalue weighted by molar-refractivity contribution is 7.91. The largest absolute Gasteiger partial charge is 0.497 e. The molecule has 2 aliphatic heterocycles. The lowest BCUT2D eigenvalue weighted by molar-refractivity contribution is -0.140. The number of hydrogen-bond donors (Lipinski definition) is 2. The first-order chi connectivity index (χ1) is 27.1. The van der Waals surface area contributed by atoms with Crippen molar-refractivity contribution >= 4 is 38.5 Å². The van der Waals surface area contributed by atoms with Crippen LogP contribution in [-0.2, 0) is 24.4 Å². The van der Waals surface area contributed by atoms with E-state index in [9.17, 15) is 22.8 Å². The van der Waals surface area contributed by atoms with Crippen molar-refractivity contribution < 1.29 is 37.0 Å². The number of sulfonamides is 1. The zero-order valence-electron chi connectivity index (χ0n) is 33.7. The summed E-state index contributed by atoms with van der Waals surface area (Å²) in [5.74, 6) is 0.284. The first-order valence-corrected chi connectivity index (χ1v) is 21.8. The zero-order chi connectivity index (χ0) is 40.7. The van der Waals surface area contributed by atoms with Gasteiger partial charge >= 0.3 is 0 Å². The fourth-order valence-electron chi connectivity index (χ4n) is 8.14. The van der Waals surface area contributed by atoms with E-state index in [0.717, 1.165) is 31.1 Å². The number of hydrogen-bond acceptors (Lipinski definition) is 10. The molecule has 0 bridgehead atoms. The van der Waals surface area contributed by atoms with Gasteiger partial charge in [0.05, 0.1) is 42.1 Å². The minimum absolute atomic E-state index is 0.00720. The van der Waals surface area contributed by atoms with Crippen LogP contribution in [-0.4, -0.2) is 83.2 Å². The number of pyridine rings is 2. The molecule has 13 nitrogen and oxygen atoms in total. The molecule has 57 heavy (non-hydrogen) atoms. The molecule has 7 rings (SSSR count). The second-order valence-corrected chi connectivity index (χ2v) is 19.2. The van der Waals surface area contributed by atoms with Gasteiger partial charge in [0.15, 0.2) is 0 Å². The summed E-state index contributed by atoms with van der Waals surface area (Å²) in [7, 11) is -2.36. The van der Waals surface area contributed by atoms with Crippen molar-refractivity contribution in [2.24, 2.45) is 17.8 Å². The van der Waals surface area contributed by atoms with Gasteiger partial charge in [-0.1, -0.05) is 32.4 Å². The Balaban J connectivity index is 1.20. The molecule has 3 amide bonds. The topological polar surface area (TPSA) is 166 Å². The van der Waals surface area contributed by atoms with Crippen molar-refractivity contribution in [3.8, 4) is 28.8 Å². The number of nitrogens with one attached hydrogen (secondary N) is 2. The lowest BCUT2D eigenvalue weighted by atomic mass is 9.88. The van der Waals surface area contributed by atoms with Gasteiger partial charge < -0.3 is 24.4 Å². The maximum atomic E-state index is 14.5. The number of carbonyl (C=O) groups is 3. The molecule has 0 unspecified atom stereocenters. The number of aromatic nitrogens is 2. The number of rotatable bonds is 10. The Kier molecular flexibility index (Phi) is 11.3. The van der Waals surface area contributed by atoms with Crippen LogP contribution in [0, 0.1) is 17.8 Å². The molecule has 2 aromatic heterocycles. The lowest BCUT2D eigenvalue weighted by Crippen LogP contribution is -2.57. The molecule has 0 radical (unpaired) electrons. The van der Waals surface area contributed by atoms with Crippen LogP contribution in [0.3, 0.4) is 0 Å². The van der Waals surface area contributed by atoms with Crippen molar-refractivity contribution in [1.82, 2.24) is 24.9 Å². The smallest absolute Gasteiger partial charge is 0.259 e. The predicted molar refractivity (Wildman–Crippen MR) is 216 cm³/mol. The van der Waals surface area contributed by atoms with Crippen LogP contribution in [0.5, 0.6) is 17.4 Å². The third-order valence-corrected chi connectivity index (χ3v) is 14.3. The summed E-state index contributed by atoms with van der Waals surface area (Å²) in [6.07, 6.45) is 9.96. The SMILES string of the molecule is CC[C@H]1CC(=O)N2C[C@H](Oc3nc(-c4ccc(OC(C)C)cn4)cc4cc(OC)ccc34)C[C@H]2C(=O)N[C@]2(C(=O)NS(=O)(=O)C3(C)CC3)C[C@H]2/C=C\CC[C@H](C)C1. The van der Waals surface area contributed by atoms with Crippen molar-refractivity contribution in [3.63, 3.8) is 0 Å². The number of benzene rings is 1. The van der Waals surface area contributed by atoms with Crippen LogP contribution < -0.4 is 24.2 Å². The highest BCUT2D eigenvalue weighted by atomic mass is 32.2. The number of amides is 3. The van der Waals surface area contributed by atoms with Gasteiger partial charge in [-0.25, -0.2) is 13.4 Å². The molecule has 3 fully saturated rings. The molecule has 6 atom stereocenters. The average Bonchev–Trinajstić information content (AvgIpc) is 4.05. The summed E-state index contributed by atoms with van der Waals surface area (Å²) in [4.78, 5) is 53.7. The highest BCUT2D eigenvalue weighted by Gasteiger charge is 2.63. The number of ether oxygens (including phenoxy) is 3. The molecule has 1 aromatic carbocycles. The predicted octanol–water partition coefficient (Wildman–Crippen LogP) is 6.11. The molecule has 1 saturated heterocycles. The Bertz CT molecular complexity index is 2150. The van der Waals surface area contributed by atoms with E-state index >= 15 is 0 Å². The second kappa shape index (κ2) is 15.9. The van der Waals surface area contributed by atoms with Crippen LogP contribution in [0.1, 0.15) is 92.4 Å². The Labute approximate surface area is 335 Å². The van der Waals surface area contributed by atoms with Crippen LogP contribution in [0.2, 0.25) is 0 Å². The summed E-state index contributed by atoms with van der Waals surface area (Å²) in [6.45, 7) is 9.91. The van der Waals surface area contributed by atoms with Crippen LogP contribution in [0.15, 0.2) is 54.7 Å². The summed E-state index contributed by atoms with van der Waals surface area (Å²) in [5.41, 5.74) is -0.298. The van der Waals surface area contributed by atoms with E-state index in [0.29, 0.717) is 52.9 Å². The van der Waals surface area contributed by atoms with E-state index in [1.54, 1.807) is 25.1 Å². The third-order valence-electron chi connectivity index (χ3n) is 12.1. The maximum absolute atomic E-state index is 14.5. The second-order valence-electron chi connectivity index (χ2n) is 17.0. The van der Waals surface area contributed by atoms with Gasteiger partial charge in [0.1, 0.15) is 29.2 Å². The highest BCUT2D eigenvalue weighted by Crippen LogP contribution is 2.48. The van der Waals surface area contributed by atoms with Crippen LogP contribution in [0.25, 0.3) is 22.2 Å². The standard InChI is InChI=1S/C43H55N5O8S/c1-7-28-18-27(4)10-8-9-11-30-23-43(30,41(51)47-57(52,53)42(5)16-17-42)46-39(50)37-22-33(25-48(37)38(49)19-28)56-40-34-14-12-31(54-6)20-29(34)21-36(45-40)35-15-13-32(24-44-35)55-26(2)3/h9,11-15,20-21,24,26-28,30,33,37H,7-8,10,16-19,22-23,25H2,1-6H3,(H,46,50)(H,47,51)/b11-9-/t27-,28+,30+,33+,37-,43+/m0/s1. The van der Waals surface area contributed by atoms with Gasteiger partial charge in [0, 0.05) is 24.1 Å². The summed E-state index contributed by atoms with van der Waals surface area (Å²) < 4.78 is 45.7. The van der Waals surface area contributed by atoms with Gasteiger partial charge in [0.25, 0.3) is 5.91 Å². The van der Waals surface area contributed by atoms with E-state index in [4.69, 9.17) is 19.2 Å². The number of carbonyl (C=O) groups excluding carboxylic acids is 3. The molecule has 2 saturated carbocycles. The van der Waals surface area contributed by atoms with E-state index < -0.39 is 44.3 Å². The minimum atomic E-state index is -3.95. The molecule has 2 N–H and O–H groups in total. The Hall–Kier alpha value is -4.72. The fourth-order valence-corrected chi connectivity index (χ4v) is 9.46. The van der Waals surface area contributed by atoms with Crippen LogP contribution in [0.4, 0.5) is 0 Å². The van der Waals surface area contributed by atoms with Crippen molar-refractivity contribution in [2.45, 2.75) is 121 Å². The molecular weight excluding hydrogens is 747 g/mol.